The number of halogens is 1. The molecule has 1 aromatic rings. The first kappa shape index (κ1) is 15.3. The predicted molar refractivity (Wildman–Crippen MR) is 70.9 cm³/mol. The van der Waals surface area contributed by atoms with Crippen LogP contribution in [-0.4, -0.2) is 26.7 Å². The quantitative estimate of drug-likeness (QED) is 0.403. The lowest BCUT2D eigenvalue weighted by molar-refractivity contribution is -0.695. The monoisotopic (exact) mass is 392 g/mol. The standard InChI is InChI=1S/C8H12INO5P2/c1-16(11,12)8(17(13,14)15)6-10-4-2-3-7(9)5-10/h2-5,8H,6H2,1H3,(H2-,11,12,13,14,15)/p+1. The molecule has 17 heavy (non-hydrogen) atoms. The van der Waals surface area contributed by atoms with E-state index in [1.54, 1.807) is 18.5 Å². The van der Waals surface area contributed by atoms with Gasteiger partial charge in [0.05, 0.1) is 3.57 Å². The first-order valence-electron chi connectivity index (χ1n) is 4.60. The van der Waals surface area contributed by atoms with Gasteiger partial charge in [-0.3, -0.25) is 9.13 Å². The van der Waals surface area contributed by atoms with Crippen molar-refractivity contribution in [2.75, 3.05) is 6.66 Å². The second-order valence-corrected chi connectivity index (χ2v) is 9.70. The van der Waals surface area contributed by atoms with E-state index in [9.17, 15) is 14.0 Å². The lowest BCUT2D eigenvalue weighted by Crippen LogP contribution is -2.39. The first-order valence-corrected chi connectivity index (χ1v) is 9.54. The van der Waals surface area contributed by atoms with Crippen molar-refractivity contribution in [3.8, 4) is 0 Å². The van der Waals surface area contributed by atoms with Crippen molar-refractivity contribution in [3.05, 3.63) is 28.1 Å². The molecule has 0 saturated carbocycles. The summed E-state index contributed by atoms with van der Waals surface area (Å²) in [5, 5.41) is -1.57. The molecular weight excluding hydrogens is 379 g/mol. The van der Waals surface area contributed by atoms with Crippen LogP contribution in [-0.2, 0) is 15.7 Å². The third-order valence-electron chi connectivity index (χ3n) is 2.14. The lowest BCUT2D eigenvalue weighted by Gasteiger charge is -2.18. The van der Waals surface area contributed by atoms with Crippen molar-refractivity contribution in [3.63, 3.8) is 0 Å². The summed E-state index contributed by atoms with van der Waals surface area (Å²) in [4.78, 5) is 27.6. The van der Waals surface area contributed by atoms with E-state index in [4.69, 9.17) is 9.79 Å². The van der Waals surface area contributed by atoms with Gasteiger partial charge in [-0.15, -0.1) is 0 Å². The van der Waals surface area contributed by atoms with Crippen molar-refractivity contribution in [2.45, 2.75) is 11.9 Å². The van der Waals surface area contributed by atoms with E-state index in [0.29, 0.717) is 0 Å². The molecule has 3 N–H and O–H groups in total. The Kier molecular flexibility index (Phi) is 4.91. The van der Waals surface area contributed by atoms with Gasteiger partial charge in [0.25, 0.3) is 0 Å². The molecule has 0 aliphatic rings. The van der Waals surface area contributed by atoms with E-state index in [2.05, 4.69) is 0 Å². The largest absolute Gasteiger partial charge is 0.344 e. The highest BCUT2D eigenvalue weighted by atomic mass is 127. The second-order valence-electron chi connectivity index (χ2n) is 3.73. The average Bonchev–Trinajstić information content (AvgIpc) is 2.10. The van der Waals surface area contributed by atoms with E-state index in [-0.39, 0.29) is 6.54 Å². The number of hydrogen-bond acceptors (Lipinski definition) is 2. The van der Waals surface area contributed by atoms with Crippen LogP contribution in [0.25, 0.3) is 0 Å². The maximum atomic E-state index is 11.5. The zero-order valence-corrected chi connectivity index (χ0v) is 12.9. The Labute approximate surface area is 112 Å². The predicted octanol–water partition coefficient (Wildman–Crippen LogP) is 0.983. The van der Waals surface area contributed by atoms with Crippen molar-refractivity contribution in [1.29, 1.82) is 0 Å². The maximum absolute atomic E-state index is 11.5. The molecule has 2 atom stereocenters. The third-order valence-corrected chi connectivity index (χ3v) is 7.17. The summed E-state index contributed by atoms with van der Waals surface area (Å²) in [6.45, 7) is 0.774. The van der Waals surface area contributed by atoms with Gasteiger partial charge in [0, 0.05) is 12.7 Å². The van der Waals surface area contributed by atoms with Crippen LogP contribution in [0.3, 0.4) is 0 Å². The van der Waals surface area contributed by atoms with Crippen LogP contribution < -0.4 is 4.57 Å². The molecule has 1 rings (SSSR count). The molecule has 0 spiro atoms. The van der Waals surface area contributed by atoms with Crippen LogP contribution in [0.15, 0.2) is 24.5 Å². The molecule has 9 heteroatoms. The zero-order valence-electron chi connectivity index (χ0n) is 8.97. The molecule has 0 aromatic carbocycles. The first-order chi connectivity index (χ1) is 7.60. The number of rotatable bonds is 4. The fraction of sp³-hybridized carbons (Fsp3) is 0.375. The number of aromatic nitrogens is 1. The summed E-state index contributed by atoms with van der Waals surface area (Å²) in [5.74, 6) is 0. The molecule has 0 bridgehead atoms. The van der Waals surface area contributed by atoms with Crippen LogP contribution in [0, 0.1) is 3.57 Å². The minimum absolute atomic E-state index is 0.189. The van der Waals surface area contributed by atoms with E-state index in [0.717, 1.165) is 10.2 Å². The van der Waals surface area contributed by atoms with Gasteiger partial charge in [-0.05, 0) is 28.7 Å². The molecule has 96 valence electrons. The summed E-state index contributed by atoms with van der Waals surface area (Å²) in [6, 6.07) is 3.52. The van der Waals surface area contributed by atoms with Crippen LogP contribution in [0.4, 0.5) is 0 Å². The van der Waals surface area contributed by atoms with Gasteiger partial charge in [-0.2, -0.15) is 0 Å². The zero-order chi connectivity index (χ0) is 13.3. The van der Waals surface area contributed by atoms with Crippen LogP contribution in [0.5, 0.6) is 0 Å². The molecule has 1 heterocycles. The van der Waals surface area contributed by atoms with Gasteiger partial charge in [0.2, 0.25) is 7.37 Å². The van der Waals surface area contributed by atoms with Gasteiger partial charge in [0.1, 0.15) is 0 Å². The minimum Gasteiger partial charge on any atom is -0.344 e. The van der Waals surface area contributed by atoms with Crippen LogP contribution >= 0.6 is 37.6 Å². The highest BCUT2D eigenvalue weighted by Gasteiger charge is 2.43. The normalized spacial score (nSPS) is 17.5. The lowest BCUT2D eigenvalue weighted by atomic mass is 10.5. The molecule has 0 saturated heterocycles. The number of hydrogen-bond donors (Lipinski definition) is 3. The molecular formula is C8H13INO5P2+. The number of pyridine rings is 1. The summed E-state index contributed by atoms with van der Waals surface area (Å²) < 4.78 is 25.1. The van der Waals surface area contributed by atoms with Crippen molar-refractivity contribution < 1.29 is 28.4 Å². The van der Waals surface area contributed by atoms with Gasteiger partial charge in [-0.1, -0.05) is 0 Å². The van der Waals surface area contributed by atoms with Crippen LogP contribution in [0.2, 0.25) is 0 Å². The van der Waals surface area contributed by atoms with Gasteiger partial charge in [-0.25, -0.2) is 4.57 Å². The highest BCUT2D eigenvalue weighted by Crippen LogP contribution is 2.60. The average molecular weight is 392 g/mol. The van der Waals surface area contributed by atoms with E-state index in [1.807, 2.05) is 28.7 Å². The van der Waals surface area contributed by atoms with Gasteiger partial charge >= 0.3 is 7.60 Å². The molecule has 0 fully saturated rings. The Balaban J connectivity index is 3.04. The molecule has 0 radical (unpaired) electrons. The second kappa shape index (κ2) is 5.47. The fourth-order valence-corrected chi connectivity index (χ4v) is 5.02. The Bertz CT molecular complexity index is 474. The van der Waals surface area contributed by atoms with E-state index in [1.165, 1.54) is 4.57 Å². The summed E-state index contributed by atoms with van der Waals surface area (Å²) >= 11 is 2.05. The summed E-state index contributed by atoms with van der Waals surface area (Å²) in [6.07, 6.45) is 3.25. The molecule has 0 aliphatic heterocycles. The minimum atomic E-state index is -4.61. The Morgan fingerprint density at radius 2 is 2.00 bits per heavy atom. The number of nitrogens with zero attached hydrogens (tertiary/aromatic N) is 1. The maximum Gasteiger partial charge on any atom is 0.344 e. The molecule has 2 unspecified atom stereocenters. The Morgan fingerprint density at radius 1 is 1.41 bits per heavy atom. The fourth-order valence-electron chi connectivity index (χ4n) is 1.33. The molecule has 6 nitrogen and oxygen atoms in total. The summed E-state index contributed by atoms with van der Waals surface area (Å²) in [5.41, 5.74) is 0. The van der Waals surface area contributed by atoms with Gasteiger partial charge in [0.15, 0.2) is 24.3 Å². The van der Waals surface area contributed by atoms with Crippen molar-refractivity contribution >= 4 is 37.6 Å². The van der Waals surface area contributed by atoms with Gasteiger partial charge < -0.3 is 14.7 Å². The molecule has 0 amide bonds. The molecule has 1 aromatic heterocycles. The Morgan fingerprint density at radius 3 is 2.41 bits per heavy atom. The van der Waals surface area contributed by atoms with E-state index >= 15 is 0 Å². The Hall–Kier alpha value is 0.220. The SMILES string of the molecule is CP(=O)(O)C(C[n+]1cccc(I)c1)P(=O)(O)O. The smallest absolute Gasteiger partial charge is 0.344 e. The van der Waals surface area contributed by atoms with Crippen LogP contribution in [0.1, 0.15) is 0 Å². The van der Waals surface area contributed by atoms with Crippen molar-refractivity contribution in [1.82, 2.24) is 0 Å². The van der Waals surface area contributed by atoms with E-state index < -0.39 is 20.4 Å². The third kappa shape index (κ3) is 4.77. The molecule has 0 aliphatic carbocycles. The van der Waals surface area contributed by atoms with Crippen molar-refractivity contribution in [2.24, 2.45) is 0 Å². The summed E-state index contributed by atoms with van der Waals surface area (Å²) in [7, 11) is -8.48. The topological polar surface area (TPSA) is 98.7 Å². The highest BCUT2D eigenvalue weighted by molar-refractivity contribution is 14.1.